The van der Waals surface area contributed by atoms with E-state index in [4.69, 9.17) is 17.0 Å². The van der Waals surface area contributed by atoms with E-state index in [1.54, 1.807) is 0 Å². The summed E-state index contributed by atoms with van der Waals surface area (Å²) in [6.45, 7) is 4.73. The van der Waals surface area contributed by atoms with Gasteiger partial charge in [0.1, 0.15) is 11.8 Å². The van der Waals surface area contributed by atoms with Crippen molar-refractivity contribution in [2.24, 2.45) is 0 Å². The van der Waals surface area contributed by atoms with Crippen LogP contribution in [-0.2, 0) is 0 Å². The zero-order valence-electron chi connectivity index (χ0n) is 18.7. The topological polar surface area (TPSA) is 42.3 Å². The molecule has 5 rings (SSSR count). The smallest absolute Gasteiger partial charge is 0.174 e. The van der Waals surface area contributed by atoms with Gasteiger partial charge in [0.05, 0.1) is 18.3 Å². The van der Waals surface area contributed by atoms with Crippen LogP contribution in [0.5, 0.6) is 5.75 Å². The van der Waals surface area contributed by atoms with Crippen LogP contribution < -0.4 is 15.0 Å². The average Bonchev–Trinajstić information content (AvgIpc) is 3.45. The highest BCUT2D eigenvalue weighted by Gasteiger charge is 2.42. The number of anilines is 1. The largest absolute Gasteiger partial charge is 0.494 e. The van der Waals surface area contributed by atoms with E-state index < -0.39 is 0 Å². The molecule has 5 nitrogen and oxygen atoms in total. The van der Waals surface area contributed by atoms with E-state index in [9.17, 15) is 0 Å². The van der Waals surface area contributed by atoms with E-state index >= 15 is 0 Å². The summed E-state index contributed by atoms with van der Waals surface area (Å²) in [7, 11) is 0. The first-order valence-corrected chi connectivity index (χ1v) is 11.5. The van der Waals surface area contributed by atoms with Crippen molar-refractivity contribution < 1.29 is 4.74 Å². The quantitative estimate of drug-likeness (QED) is 0.376. The summed E-state index contributed by atoms with van der Waals surface area (Å²) in [5.41, 5.74) is 5.43. The number of thiocarbonyl (C=S) groups is 1. The van der Waals surface area contributed by atoms with Gasteiger partial charge in [-0.2, -0.15) is 0 Å². The first-order chi connectivity index (χ1) is 16.2. The van der Waals surface area contributed by atoms with E-state index in [1.165, 1.54) is 5.56 Å². The van der Waals surface area contributed by atoms with Crippen molar-refractivity contribution >= 4 is 23.0 Å². The zero-order chi connectivity index (χ0) is 22.8. The molecule has 2 unspecified atom stereocenters. The Hall–Kier alpha value is -3.64. The predicted molar refractivity (Wildman–Crippen MR) is 136 cm³/mol. The van der Waals surface area contributed by atoms with Crippen molar-refractivity contribution in [1.82, 2.24) is 14.9 Å². The number of hydrogen-bond acceptors (Lipinski definition) is 3. The van der Waals surface area contributed by atoms with Crippen LogP contribution in [0.4, 0.5) is 5.69 Å². The van der Waals surface area contributed by atoms with Crippen molar-refractivity contribution in [2.75, 3.05) is 11.5 Å². The molecule has 1 fully saturated rings. The lowest BCUT2D eigenvalue weighted by Gasteiger charge is -2.29. The fraction of sp³-hybridized carbons (Fsp3) is 0.185. The van der Waals surface area contributed by atoms with Crippen LogP contribution >= 0.6 is 12.2 Å². The molecule has 4 aromatic rings. The summed E-state index contributed by atoms with van der Waals surface area (Å²) in [6, 6.07) is 26.8. The summed E-state index contributed by atoms with van der Waals surface area (Å²) in [5.74, 6) is 0.867. The molecule has 0 spiro atoms. The lowest BCUT2D eigenvalue weighted by molar-refractivity contribution is 0.340. The number of hydrogen-bond donors (Lipinski definition) is 1. The Morgan fingerprint density at radius 2 is 1.70 bits per heavy atom. The Bertz CT molecular complexity index is 1240. The monoisotopic (exact) mass is 454 g/mol. The number of aromatic nitrogens is 2. The molecule has 166 valence electrons. The highest BCUT2D eigenvalue weighted by molar-refractivity contribution is 7.80. The van der Waals surface area contributed by atoms with Gasteiger partial charge in [-0.3, -0.25) is 4.98 Å². The molecule has 0 aliphatic carbocycles. The first-order valence-electron chi connectivity index (χ1n) is 11.1. The molecule has 1 N–H and O–H groups in total. The van der Waals surface area contributed by atoms with Gasteiger partial charge in [-0.05, 0) is 86.7 Å². The maximum Gasteiger partial charge on any atom is 0.174 e. The van der Waals surface area contributed by atoms with Crippen molar-refractivity contribution in [3.05, 3.63) is 108 Å². The average molecular weight is 455 g/mol. The molecule has 2 aromatic carbocycles. The molecule has 1 aliphatic heterocycles. The molecule has 2 atom stereocenters. The van der Waals surface area contributed by atoms with Crippen LogP contribution in [0.3, 0.4) is 0 Å². The molecule has 0 saturated carbocycles. The molecule has 1 aliphatic rings. The molecular formula is C27H26N4OS. The van der Waals surface area contributed by atoms with Crippen LogP contribution in [0.1, 0.15) is 36.0 Å². The molecule has 1 saturated heterocycles. The number of ether oxygens (including phenoxy) is 1. The highest BCUT2D eigenvalue weighted by Crippen LogP contribution is 2.42. The number of rotatable bonds is 6. The first kappa shape index (κ1) is 21.2. The van der Waals surface area contributed by atoms with Crippen LogP contribution in [-0.4, -0.2) is 21.3 Å². The fourth-order valence-corrected chi connectivity index (χ4v) is 4.72. The molecule has 33 heavy (non-hydrogen) atoms. The summed E-state index contributed by atoms with van der Waals surface area (Å²) < 4.78 is 7.84. The van der Waals surface area contributed by atoms with Gasteiger partial charge < -0.3 is 19.5 Å². The molecule has 3 heterocycles. The minimum atomic E-state index is -0.0867. The van der Waals surface area contributed by atoms with Crippen molar-refractivity contribution in [2.45, 2.75) is 25.9 Å². The van der Waals surface area contributed by atoms with E-state index in [2.05, 4.69) is 87.5 Å². The van der Waals surface area contributed by atoms with E-state index in [-0.39, 0.29) is 12.1 Å². The standard InChI is InChI=1S/C27H26N4OS/c1-3-32-22-15-13-20(14-16-22)30-18-6-8-24(30)26-25(23-7-4-5-17-28-23)29-27(33)31(26)21-11-9-19(2)10-12-21/h4-18,25-26H,3H2,1-2H3,(H,29,33). The Morgan fingerprint density at radius 1 is 0.939 bits per heavy atom. The van der Waals surface area contributed by atoms with Crippen molar-refractivity contribution in [3.63, 3.8) is 0 Å². The third kappa shape index (κ3) is 4.10. The second kappa shape index (κ2) is 9.08. The van der Waals surface area contributed by atoms with Gasteiger partial charge in [0.2, 0.25) is 0 Å². The van der Waals surface area contributed by atoms with E-state index in [0.717, 1.165) is 28.5 Å². The van der Waals surface area contributed by atoms with Crippen molar-refractivity contribution in [3.8, 4) is 11.4 Å². The fourth-order valence-electron chi connectivity index (χ4n) is 4.38. The second-order valence-electron chi connectivity index (χ2n) is 8.06. The molecular weight excluding hydrogens is 428 g/mol. The van der Waals surface area contributed by atoms with Gasteiger partial charge in [-0.15, -0.1) is 0 Å². The summed E-state index contributed by atoms with van der Waals surface area (Å²) >= 11 is 5.85. The highest BCUT2D eigenvalue weighted by atomic mass is 32.1. The number of nitrogens with one attached hydrogen (secondary N) is 1. The van der Waals surface area contributed by atoms with Crippen LogP contribution in [0.25, 0.3) is 5.69 Å². The van der Waals surface area contributed by atoms with E-state index in [1.807, 2.05) is 37.4 Å². The van der Waals surface area contributed by atoms with Gasteiger partial charge in [-0.1, -0.05) is 23.8 Å². The lowest BCUT2D eigenvalue weighted by Crippen LogP contribution is -2.30. The molecule has 6 heteroatoms. The number of aryl methyl sites for hydroxylation is 1. The minimum absolute atomic E-state index is 0.0725. The van der Waals surface area contributed by atoms with Crippen molar-refractivity contribution in [1.29, 1.82) is 0 Å². The summed E-state index contributed by atoms with van der Waals surface area (Å²) in [6.07, 6.45) is 3.92. The van der Waals surface area contributed by atoms with Gasteiger partial charge >= 0.3 is 0 Å². The number of benzene rings is 2. The maximum absolute atomic E-state index is 5.85. The second-order valence-corrected chi connectivity index (χ2v) is 8.45. The molecule has 0 bridgehead atoms. The SMILES string of the molecule is CCOc1ccc(-n2cccc2C2C(c3ccccn3)NC(=S)N2c2ccc(C)cc2)cc1. The minimum Gasteiger partial charge on any atom is -0.494 e. The Balaban J connectivity index is 1.61. The predicted octanol–water partition coefficient (Wildman–Crippen LogP) is 5.76. The van der Waals surface area contributed by atoms with Gasteiger partial charge in [-0.25, -0.2) is 0 Å². The Kier molecular flexibility index (Phi) is 5.84. The van der Waals surface area contributed by atoms with E-state index in [0.29, 0.717) is 11.7 Å². The van der Waals surface area contributed by atoms with Gasteiger partial charge in [0, 0.05) is 29.5 Å². The zero-order valence-corrected chi connectivity index (χ0v) is 19.5. The number of pyridine rings is 1. The normalized spacial score (nSPS) is 17.8. The Morgan fingerprint density at radius 3 is 2.39 bits per heavy atom. The van der Waals surface area contributed by atoms with Crippen LogP contribution in [0.2, 0.25) is 0 Å². The molecule has 0 amide bonds. The van der Waals surface area contributed by atoms with Crippen LogP contribution in [0, 0.1) is 6.92 Å². The summed E-state index contributed by atoms with van der Waals surface area (Å²) in [4.78, 5) is 6.86. The maximum atomic E-state index is 5.85. The summed E-state index contributed by atoms with van der Waals surface area (Å²) in [5, 5.41) is 4.23. The number of nitrogens with zero attached hydrogens (tertiary/aromatic N) is 3. The van der Waals surface area contributed by atoms with Gasteiger partial charge in [0.25, 0.3) is 0 Å². The molecule has 2 aromatic heterocycles. The molecule has 0 radical (unpaired) electrons. The van der Waals surface area contributed by atoms with Gasteiger partial charge in [0.15, 0.2) is 5.11 Å². The van der Waals surface area contributed by atoms with Crippen LogP contribution in [0.15, 0.2) is 91.3 Å². The third-order valence-corrected chi connectivity index (χ3v) is 6.23. The lowest BCUT2D eigenvalue weighted by atomic mass is 10.0. The third-order valence-electron chi connectivity index (χ3n) is 5.92. The Labute approximate surface area is 199 Å².